The van der Waals surface area contributed by atoms with Crippen molar-refractivity contribution in [2.75, 3.05) is 13.1 Å². The van der Waals surface area contributed by atoms with Gasteiger partial charge >= 0.3 is 0 Å². The second-order valence-electron chi connectivity index (χ2n) is 5.51. The standard InChI is InChI=1S/C15H21N3/c1-12(2)17-9-7-14(8-10-17)18-15-6-4-3-5-13(15)11-16-18/h3-6,11-12,14H,7-10H2,1-2H3. The number of benzene rings is 1. The summed E-state index contributed by atoms with van der Waals surface area (Å²) in [5.74, 6) is 0. The third-order valence-corrected chi connectivity index (χ3v) is 4.08. The average molecular weight is 243 g/mol. The molecule has 0 saturated carbocycles. The maximum absolute atomic E-state index is 4.59. The van der Waals surface area contributed by atoms with E-state index in [1.165, 1.54) is 36.8 Å². The molecule has 0 N–H and O–H groups in total. The molecule has 3 rings (SSSR count). The van der Waals surface area contributed by atoms with Crippen LogP contribution in [-0.2, 0) is 0 Å². The van der Waals surface area contributed by atoms with Crippen LogP contribution in [0, 0.1) is 0 Å². The normalized spacial score (nSPS) is 18.8. The quantitative estimate of drug-likeness (QED) is 0.808. The van der Waals surface area contributed by atoms with Gasteiger partial charge in [0.1, 0.15) is 0 Å². The molecule has 96 valence electrons. The van der Waals surface area contributed by atoms with Gasteiger partial charge in [-0.1, -0.05) is 18.2 Å². The number of fused-ring (bicyclic) bond motifs is 1. The van der Waals surface area contributed by atoms with E-state index in [1.807, 2.05) is 6.20 Å². The average Bonchev–Trinajstić information content (AvgIpc) is 2.82. The fourth-order valence-corrected chi connectivity index (χ4v) is 2.93. The third kappa shape index (κ3) is 2.03. The smallest absolute Gasteiger partial charge is 0.0685 e. The van der Waals surface area contributed by atoms with Gasteiger partial charge in [0.2, 0.25) is 0 Å². The van der Waals surface area contributed by atoms with Crippen LogP contribution in [0.25, 0.3) is 10.9 Å². The molecule has 2 aromatic rings. The van der Waals surface area contributed by atoms with E-state index >= 15 is 0 Å². The Labute approximate surface area is 108 Å². The van der Waals surface area contributed by atoms with Crippen LogP contribution in [-0.4, -0.2) is 33.8 Å². The van der Waals surface area contributed by atoms with Crippen LogP contribution < -0.4 is 0 Å². The van der Waals surface area contributed by atoms with Crippen molar-refractivity contribution in [3.05, 3.63) is 30.5 Å². The topological polar surface area (TPSA) is 21.1 Å². The van der Waals surface area contributed by atoms with Gasteiger partial charge in [-0.15, -0.1) is 0 Å². The van der Waals surface area contributed by atoms with Crippen molar-refractivity contribution in [3.8, 4) is 0 Å². The first-order valence-electron chi connectivity index (χ1n) is 6.92. The predicted octanol–water partition coefficient (Wildman–Crippen LogP) is 3.08. The molecule has 1 saturated heterocycles. The maximum Gasteiger partial charge on any atom is 0.0685 e. The predicted molar refractivity (Wildman–Crippen MR) is 74.7 cm³/mol. The minimum atomic E-state index is 0.569. The zero-order chi connectivity index (χ0) is 12.5. The lowest BCUT2D eigenvalue weighted by Crippen LogP contribution is -2.39. The molecular formula is C15H21N3. The molecule has 0 bridgehead atoms. The van der Waals surface area contributed by atoms with Crippen molar-refractivity contribution in [1.82, 2.24) is 14.7 Å². The lowest BCUT2D eigenvalue weighted by molar-refractivity contribution is 0.149. The first kappa shape index (κ1) is 11.7. The van der Waals surface area contributed by atoms with Gasteiger partial charge in [-0.3, -0.25) is 4.68 Å². The summed E-state index contributed by atoms with van der Waals surface area (Å²) in [4.78, 5) is 2.56. The van der Waals surface area contributed by atoms with E-state index in [9.17, 15) is 0 Å². The van der Waals surface area contributed by atoms with Crippen molar-refractivity contribution in [2.24, 2.45) is 0 Å². The molecule has 3 heteroatoms. The van der Waals surface area contributed by atoms with Gasteiger partial charge in [0.05, 0.1) is 17.8 Å². The molecule has 0 spiro atoms. The Bertz CT molecular complexity index is 521. The molecule has 1 aromatic carbocycles. The third-order valence-electron chi connectivity index (χ3n) is 4.08. The van der Waals surface area contributed by atoms with Crippen molar-refractivity contribution >= 4 is 10.9 Å². The first-order chi connectivity index (χ1) is 8.75. The number of likely N-dealkylation sites (tertiary alicyclic amines) is 1. The largest absolute Gasteiger partial charge is 0.301 e. The molecular weight excluding hydrogens is 222 g/mol. The van der Waals surface area contributed by atoms with E-state index in [0.29, 0.717) is 12.1 Å². The highest BCUT2D eigenvalue weighted by Crippen LogP contribution is 2.26. The Morgan fingerprint density at radius 3 is 2.61 bits per heavy atom. The number of hydrogen-bond acceptors (Lipinski definition) is 2. The molecule has 1 fully saturated rings. The number of rotatable bonds is 2. The summed E-state index contributed by atoms with van der Waals surface area (Å²) in [5, 5.41) is 5.84. The van der Waals surface area contributed by atoms with Crippen molar-refractivity contribution < 1.29 is 0 Å². The van der Waals surface area contributed by atoms with Gasteiger partial charge in [0, 0.05) is 24.5 Å². The van der Waals surface area contributed by atoms with E-state index in [2.05, 4.69) is 52.8 Å². The second kappa shape index (κ2) is 4.73. The second-order valence-corrected chi connectivity index (χ2v) is 5.51. The molecule has 3 nitrogen and oxygen atoms in total. The molecule has 1 aliphatic rings. The van der Waals surface area contributed by atoms with Gasteiger partial charge in [-0.25, -0.2) is 0 Å². The number of para-hydroxylation sites is 1. The minimum absolute atomic E-state index is 0.569. The molecule has 0 aliphatic carbocycles. The molecule has 0 amide bonds. The molecule has 0 unspecified atom stereocenters. The molecule has 0 radical (unpaired) electrons. The SMILES string of the molecule is CC(C)N1CCC(n2ncc3ccccc32)CC1. The molecule has 1 aliphatic heterocycles. The Balaban J connectivity index is 1.80. The van der Waals surface area contributed by atoms with Crippen LogP contribution in [0.1, 0.15) is 32.7 Å². The maximum atomic E-state index is 4.59. The number of hydrogen-bond donors (Lipinski definition) is 0. The van der Waals surface area contributed by atoms with Crippen LogP contribution in [0.4, 0.5) is 0 Å². The Hall–Kier alpha value is -1.35. The minimum Gasteiger partial charge on any atom is -0.301 e. The van der Waals surface area contributed by atoms with E-state index in [1.54, 1.807) is 0 Å². The summed E-state index contributed by atoms with van der Waals surface area (Å²) < 4.78 is 2.23. The van der Waals surface area contributed by atoms with E-state index < -0.39 is 0 Å². The van der Waals surface area contributed by atoms with Gasteiger partial charge in [0.25, 0.3) is 0 Å². The number of nitrogens with zero attached hydrogens (tertiary/aromatic N) is 3. The van der Waals surface area contributed by atoms with Gasteiger partial charge in [-0.05, 0) is 32.8 Å². The zero-order valence-electron chi connectivity index (χ0n) is 11.2. The van der Waals surface area contributed by atoms with Gasteiger partial charge in [-0.2, -0.15) is 5.10 Å². The van der Waals surface area contributed by atoms with Crippen LogP contribution in [0.2, 0.25) is 0 Å². The monoisotopic (exact) mass is 243 g/mol. The molecule has 18 heavy (non-hydrogen) atoms. The summed E-state index contributed by atoms with van der Waals surface area (Å²) in [6.45, 7) is 6.94. The fraction of sp³-hybridized carbons (Fsp3) is 0.533. The first-order valence-corrected chi connectivity index (χ1v) is 6.92. The van der Waals surface area contributed by atoms with Crippen LogP contribution in [0.5, 0.6) is 0 Å². The summed E-state index contributed by atoms with van der Waals surface area (Å²) in [6.07, 6.45) is 4.41. The van der Waals surface area contributed by atoms with Crippen molar-refractivity contribution in [2.45, 2.75) is 38.8 Å². The van der Waals surface area contributed by atoms with Crippen LogP contribution in [0.3, 0.4) is 0 Å². The van der Waals surface area contributed by atoms with E-state index in [-0.39, 0.29) is 0 Å². The fourth-order valence-electron chi connectivity index (χ4n) is 2.93. The van der Waals surface area contributed by atoms with E-state index in [4.69, 9.17) is 0 Å². The molecule has 1 aromatic heterocycles. The van der Waals surface area contributed by atoms with Crippen LogP contribution in [0.15, 0.2) is 30.5 Å². The number of piperidine rings is 1. The lowest BCUT2D eigenvalue weighted by Gasteiger charge is -2.34. The van der Waals surface area contributed by atoms with Gasteiger partial charge in [0.15, 0.2) is 0 Å². The molecule has 0 atom stereocenters. The van der Waals surface area contributed by atoms with Crippen molar-refractivity contribution in [3.63, 3.8) is 0 Å². The Morgan fingerprint density at radius 2 is 1.89 bits per heavy atom. The Morgan fingerprint density at radius 1 is 1.17 bits per heavy atom. The number of aromatic nitrogens is 2. The highest BCUT2D eigenvalue weighted by molar-refractivity contribution is 5.78. The van der Waals surface area contributed by atoms with E-state index in [0.717, 1.165) is 0 Å². The summed E-state index contributed by atoms with van der Waals surface area (Å²) in [5.41, 5.74) is 1.28. The van der Waals surface area contributed by atoms with Crippen LogP contribution >= 0.6 is 0 Å². The zero-order valence-corrected chi connectivity index (χ0v) is 11.2. The Kier molecular flexibility index (Phi) is 3.08. The van der Waals surface area contributed by atoms with Crippen molar-refractivity contribution in [1.29, 1.82) is 0 Å². The summed E-state index contributed by atoms with van der Waals surface area (Å²) in [7, 11) is 0. The van der Waals surface area contributed by atoms with Gasteiger partial charge < -0.3 is 4.90 Å². The highest BCUT2D eigenvalue weighted by atomic mass is 15.3. The summed E-state index contributed by atoms with van der Waals surface area (Å²) >= 11 is 0. The highest BCUT2D eigenvalue weighted by Gasteiger charge is 2.23. The molecule has 2 heterocycles. The lowest BCUT2D eigenvalue weighted by atomic mass is 10.0. The summed E-state index contributed by atoms with van der Waals surface area (Å²) in [6, 6.07) is 9.74.